The van der Waals surface area contributed by atoms with Crippen LogP contribution >= 0.6 is 0 Å². The minimum absolute atomic E-state index is 0.532. The Hall–Kier alpha value is -0.260. The predicted octanol–water partition coefficient (Wildman–Crippen LogP) is 7.68. The molecule has 0 radical (unpaired) electrons. The smallest absolute Gasteiger partial charge is 0.0351 e. The summed E-state index contributed by atoms with van der Waals surface area (Å²) in [6.07, 6.45) is 22.9. The van der Waals surface area contributed by atoms with E-state index in [1.807, 2.05) is 0 Å². The van der Waals surface area contributed by atoms with Crippen LogP contribution in [0.2, 0.25) is 0 Å². The summed E-state index contributed by atoms with van der Waals surface area (Å²) < 4.78 is 0. The molecule has 0 N–H and O–H groups in total. The van der Waals surface area contributed by atoms with Crippen LogP contribution in [0.25, 0.3) is 0 Å². The molecule has 0 aromatic heterocycles. The molecule has 0 saturated carbocycles. The maximum absolute atomic E-state index is 2.39. The van der Waals surface area contributed by atoms with Crippen molar-refractivity contribution in [3.63, 3.8) is 0 Å². The molecule has 120 valence electrons. The van der Waals surface area contributed by atoms with E-state index in [0.29, 0.717) is 5.41 Å². The molecule has 20 heavy (non-hydrogen) atoms. The van der Waals surface area contributed by atoms with Gasteiger partial charge in [0.25, 0.3) is 0 Å². The van der Waals surface area contributed by atoms with E-state index in [0.717, 1.165) is 0 Å². The summed E-state index contributed by atoms with van der Waals surface area (Å²) in [6.45, 7) is 9.31. The van der Waals surface area contributed by atoms with E-state index >= 15 is 0 Å². The fourth-order valence-corrected chi connectivity index (χ4v) is 2.54. The molecule has 0 spiro atoms. The maximum Gasteiger partial charge on any atom is -0.0351 e. The lowest BCUT2D eigenvalue weighted by atomic mass is 9.89. The first-order chi connectivity index (χ1) is 9.56. The molecule has 0 fully saturated rings. The molecule has 0 aromatic rings. The first-order valence-corrected chi connectivity index (χ1v) is 9.21. The van der Waals surface area contributed by atoms with Crippen LogP contribution in [-0.4, -0.2) is 0 Å². The van der Waals surface area contributed by atoms with Crippen molar-refractivity contribution in [2.45, 2.75) is 111 Å². The van der Waals surface area contributed by atoms with Crippen molar-refractivity contribution < 1.29 is 0 Å². The van der Waals surface area contributed by atoms with Crippen LogP contribution in [0, 0.1) is 5.41 Å². The average molecular weight is 281 g/mol. The molecule has 0 heteroatoms. The zero-order valence-electron chi connectivity index (χ0n) is 14.8. The summed E-state index contributed by atoms with van der Waals surface area (Å²) in [7, 11) is 0. The molecule has 0 unspecified atom stereocenters. The van der Waals surface area contributed by atoms with Gasteiger partial charge in [0.1, 0.15) is 0 Å². The van der Waals surface area contributed by atoms with Crippen LogP contribution in [0.5, 0.6) is 0 Å². The van der Waals surface area contributed by atoms with Gasteiger partial charge in [-0.15, -0.1) is 0 Å². The lowest BCUT2D eigenvalue weighted by molar-refractivity contribution is 0.356. The SMILES string of the molecule is CCCC/C=C\CCCCCCCCCCC(C)(C)C. The Bertz CT molecular complexity index is 207. The molecule has 0 rings (SSSR count). The van der Waals surface area contributed by atoms with Gasteiger partial charge in [0.15, 0.2) is 0 Å². The second kappa shape index (κ2) is 13.7. The Kier molecular flexibility index (Phi) is 13.5. The quantitative estimate of drug-likeness (QED) is 0.240. The van der Waals surface area contributed by atoms with E-state index in [1.54, 1.807) is 0 Å². The fourth-order valence-electron chi connectivity index (χ4n) is 2.54. The van der Waals surface area contributed by atoms with E-state index in [1.165, 1.54) is 83.5 Å². The van der Waals surface area contributed by atoms with Gasteiger partial charge in [0.05, 0.1) is 0 Å². The monoisotopic (exact) mass is 280 g/mol. The molecule has 0 aromatic carbocycles. The first-order valence-electron chi connectivity index (χ1n) is 9.21. The van der Waals surface area contributed by atoms with Gasteiger partial charge in [0.2, 0.25) is 0 Å². The van der Waals surface area contributed by atoms with Gasteiger partial charge < -0.3 is 0 Å². The van der Waals surface area contributed by atoms with Crippen molar-refractivity contribution in [1.82, 2.24) is 0 Å². The molecule has 0 aliphatic carbocycles. The van der Waals surface area contributed by atoms with E-state index in [-0.39, 0.29) is 0 Å². The Morgan fingerprint density at radius 2 is 1.05 bits per heavy atom. The van der Waals surface area contributed by atoms with E-state index in [2.05, 4.69) is 39.8 Å². The highest BCUT2D eigenvalue weighted by Crippen LogP contribution is 2.22. The summed E-state index contributed by atoms with van der Waals surface area (Å²) >= 11 is 0. The predicted molar refractivity (Wildman–Crippen MR) is 94.3 cm³/mol. The van der Waals surface area contributed by atoms with Gasteiger partial charge in [-0.3, -0.25) is 0 Å². The summed E-state index contributed by atoms with van der Waals surface area (Å²) in [4.78, 5) is 0. The highest BCUT2D eigenvalue weighted by atomic mass is 14.1. The second-order valence-corrected chi connectivity index (χ2v) is 7.54. The Morgan fingerprint density at radius 3 is 1.55 bits per heavy atom. The van der Waals surface area contributed by atoms with E-state index in [4.69, 9.17) is 0 Å². The van der Waals surface area contributed by atoms with Gasteiger partial charge in [-0.05, 0) is 31.1 Å². The van der Waals surface area contributed by atoms with Crippen LogP contribution < -0.4 is 0 Å². The second-order valence-electron chi connectivity index (χ2n) is 7.54. The third-order valence-electron chi connectivity index (χ3n) is 3.94. The third-order valence-corrected chi connectivity index (χ3v) is 3.94. The molecule has 0 bridgehead atoms. The lowest BCUT2D eigenvalue weighted by Gasteiger charge is -2.17. The fraction of sp³-hybridized carbons (Fsp3) is 0.900. The maximum atomic E-state index is 2.39. The van der Waals surface area contributed by atoms with Crippen molar-refractivity contribution in [3.8, 4) is 0 Å². The zero-order chi connectivity index (χ0) is 15.1. The summed E-state index contributed by atoms with van der Waals surface area (Å²) in [5.41, 5.74) is 0.532. The van der Waals surface area contributed by atoms with Gasteiger partial charge in [-0.25, -0.2) is 0 Å². The standard InChI is InChI=1S/C20H40/c1-5-6-7-8-9-10-11-12-13-14-15-16-17-18-19-20(2,3)4/h8-9H,5-7,10-19H2,1-4H3/b9-8-. The van der Waals surface area contributed by atoms with Crippen molar-refractivity contribution in [2.75, 3.05) is 0 Å². The Morgan fingerprint density at radius 1 is 0.600 bits per heavy atom. The number of hydrogen-bond donors (Lipinski definition) is 0. The summed E-state index contributed by atoms with van der Waals surface area (Å²) in [5, 5.41) is 0. The third kappa shape index (κ3) is 17.7. The normalized spacial score (nSPS) is 12.4. The van der Waals surface area contributed by atoms with Crippen molar-refractivity contribution >= 4 is 0 Å². The first kappa shape index (κ1) is 19.7. The van der Waals surface area contributed by atoms with E-state index < -0.39 is 0 Å². The molecule has 0 aliphatic rings. The Balaban J connectivity index is 3.08. The highest BCUT2D eigenvalue weighted by Gasteiger charge is 2.08. The molecule has 0 atom stereocenters. The summed E-state index contributed by atoms with van der Waals surface area (Å²) in [5.74, 6) is 0. The number of rotatable bonds is 13. The molecule has 0 saturated heterocycles. The van der Waals surface area contributed by atoms with Crippen LogP contribution in [0.15, 0.2) is 12.2 Å². The van der Waals surface area contributed by atoms with Gasteiger partial charge >= 0.3 is 0 Å². The van der Waals surface area contributed by atoms with Crippen LogP contribution in [0.4, 0.5) is 0 Å². The van der Waals surface area contributed by atoms with Crippen molar-refractivity contribution in [1.29, 1.82) is 0 Å². The molecular formula is C20H40. The number of unbranched alkanes of at least 4 members (excludes halogenated alkanes) is 10. The zero-order valence-corrected chi connectivity index (χ0v) is 14.8. The summed E-state index contributed by atoms with van der Waals surface area (Å²) in [6, 6.07) is 0. The van der Waals surface area contributed by atoms with Crippen molar-refractivity contribution in [3.05, 3.63) is 12.2 Å². The minimum Gasteiger partial charge on any atom is -0.0885 e. The largest absolute Gasteiger partial charge is 0.0885 e. The average Bonchev–Trinajstić information content (AvgIpc) is 2.38. The van der Waals surface area contributed by atoms with Gasteiger partial charge in [0, 0.05) is 0 Å². The molecule has 0 nitrogen and oxygen atoms in total. The van der Waals surface area contributed by atoms with Crippen molar-refractivity contribution in [2.24, 2.45) is 5.41 Å². The molecule has 0 heterocycles. The molecule has 0 aliphatic heterocycles. The molecule has 0 amide bonds. The number of hydrogen-bond acceptors (Lipinski definition) is 0. The van der Waals surface area contributed by atoms with Crippen LogP contribution in [0.1, 0.15) is 111 Å². The Labute approximate surface area is 129 Å². The lowest BCUT2D eigenvalue weighted by Crippen LogP contribution is -2.03. The topological polar surface area (TPSA) is 0 Å². The van der Waals surface area contributed by atoms with Gasteiger partial charge in [-0.1, -0.05) is 97.6 Å². The van der Waals surface area contributed by atoms with Crippen LogP contribution in [0.3, 0.4) is 0 Å². The van der Waals surface area contributed by atoms with Crippen LogP contribution in [-0.2, 0) is 0 Å². The molecular weight excluding hydrogens is 240 g/mol. The highest BCUT2D eigenvalue weighted by molar-refractivity contribution is 4.81. The minimum atomic E-state index is 0.532. The van der Waals surface area contributed by atoms with Gasteiger partial charge in [-0.2, -0.15) is 0 Å². The number of allylic oxidation sites excluding steroid dienone is 2. The van der Waals surface area contributed by atoms with E-state index in [9.17, 15) is 0 Å².